The summed E-state index contributed by atoms with van der Waals surface area (Å²) >= 11 is 3.13. The molecule has 0 aliphatic carbocycles. The molecule has 0 saturated heterocycles. The van der Waals surface area contributed by atoms with Crippen LogP contribution in [0.1, 0.15) is 0 Å². The van der Waals surface area contributed by atoms with Crippen molar-refractivity contribution in [2.24, 2.45) is 5.73 Å². The zero-order valence-corrected chi connectivity index (χ0v) is 9.98. The predicted octanol–water partition coefficient (Wildman–Crippen LogP) is 1.68. The molecule has 0 bridgehead atoms. The van der Waals surface area contributed by atoms with Gasteiger partial charge in [0.15, 0.2) is 0 Å². The molecule has 0 atom stereocenters. The first-order valence-corrected chi connectivity index (χ1v) is 5.33. The summed E-state index contributed by atoms with van der Waals surface area (Å²) in [6.45, 7) is 0.893. The minimum absolute atomic E-state index is 0.0597. The lowest BCUT2D eigenvalue weighted by Gasteiger charge is -2.03. The highest BCUT2D eigenvalue weighted by Gasteiger charge is 2.14. The Morgan fingerprint density at radius 3 is 3.00 bits per heavy atom. The number of nitrogens with zero attached hydrogens (tertiary/aromatic N) is 2. The van der Waals surface area contributed by atoms with Crippen molar-refractivity contribution in [2.75, 3.05) is 18.4 Å². The Kier molecular flexibility index (Phi) is 4.87. The van der Waals surface area contributed by atoms with E-state index in [9.17, 15) is 10.1 Å². The Bertz CT molecular complexity index is 408. The van der Waals surface area contributed by atoms with Crippen molar-refractivity contribution in [3.63, 3.8) is 0 Å². The second-order valence-electron chi connectivity index (χ2n) is 2.87. The van der Waals surface area contributed by atoms with Crippen LogP contribution in [0.15, 0.2) is 28.9 Å². The average molecular weight is 287 g/mol. The number of halogens is 1. The van der Waals surface area contributed by atoms with E-state index in [1.807, 2.05) is 0 Å². The van der Waals surface area contributed by atoms with E-state index in [2.05, 4.69) is 26.2 Å². The highest BCUT2D eigenvalue weighted by atomic mass is 79.9. The maximum absolute atomic E-state index is 10.7. The molecule has 0 amide bonds. The highest BCUT2D eigenvalue weighted by molar-refractivity contribution is 9.10. The molecule has 0 aromatic carbocycles. The number of nitro groups is 1. The quantitative estimate of drug-likeness (QED) is 0.488. The summed E-state index contributed by atoms with van der Waals surface area (Å²) in [6, 6.07) is 1.40. The zero-order chi connectivity index (χ0) is 12.0. The van der Waals surface area contributed by atoms with Gasteiger partial charge in [-0.1, -0.05) is 12.2 Å². The number of nitrogens with two attached hydrogens (primary N) is 1. The molecule has 86 valence electrons. The third-order valence-corrected chi connectivity index (χ3v) is 2.15. The maximum Gasteiger partial charge on any atom is 0.312 e. The van der Waals surface area contributed by atoms with Gasteiger partial charge in [-0.15, -0.1) is 0 Å². The van der Waals surface area contributed by atoms with Crippen LogP contribution in [0.4, 0.5) is 11.5 Å². The first-order valence-electron chi connectivity index (χ1n) is 4.54. The van der Waals surface area contributed by atoms with E-state index < -0.39 is 4.92 Å². The van der Waals surface area contributed by atoms with Gasteiger partial charge in [-0.25, -0.2) is 4.98 Å². The fourth-order valence-electron chi connectivity index (χ4n) is 1.04. The van der Waals surface area contributed by atoms with Gasteiger partial charge >= 0.3 is 5.69 Å². The predicted molar refractivity (Wildman–Crippen MR) is 65.3 cm³/mol. The molecule has 6 nitrogen and oxygen atoms in total. The van der Waals surface area contributed by atoms with Gasteiger partial charge in [0.05, 0.1) is 4.92 Å². The first kappa shape index (κ1) is 12.6. The van der Waals surface area contributed by atoms with E-state index >= 15 is 0 Å². The molecule has 3 N–H and O–H groups in total. The Hall–Kier alpha value is -1.47. The standard InChI is InChI=1S/C9H11BrN4O2/c10-7-5-8(14(15)16)9(13-6-7)12-4-2-1-3-11/h1-2,5-6H,3-4,11H2,(H,12,13)/b2-1+. The van der Waals surface area contributed by atoms with Crippen LogP contribution in [-0.4, -0.2) is 23.0 Å². The molecule has 16 heavy (non-hydrogen) atoms. The number of aromatic nitrogens is 1. The van der Waals surface area contributed by atoms with E-state index in [0.717, 1.165) is 0 Å². The lowest BCUT2D eigenvalue weighted by Crippen LogP contribution is -2.05. The third-order valence-electron chi connectivity index (χ3n) is 1.72. The van der Waals surface area contributed by atoms with Crippen molar-refractivity contribution in [2.45, 2.75) is 0 Å². The van der Waals surface area contributed by atoms with Crippen molar-refractivity contribution >= 4 is 27.4 Å². The summed E-state index contributed by atoms with van der Waals surface area (Å²) in [6.07, 6.45) is 5.05. The fraction of sp³-hybridized carbons (Fsp3) is 0.222. The average Bonchev–Trinajstić information content (AvgIpc) is 2.26. The Balaban J connectivity index is 2.78. The van der Waals surface area contributed by atoms with Crippen LogP contribution >= 0.6 is 15.9 Å². The van der Waals surface area contributed by atoms with Crippen molar-refractivity contribution in [1.29, 1.82) is 0 Å². The monoisotopic (exact) mass is 286 g/mol. The molecule has 1 aromatic rings. The summed E-state index contributed by atoms with van der Waals surface area (Å²) in [7, 11) is 0. The van der Waals surface area contributed by atoms with E-state index in [0.29, 0.717) is 17.6 Å². The number of hydrogen-bond donors (Lipinski definition) is 2. The van der Waals surface area contributed by atoms with Gasteiger partial charge in [-0.05, 0) is 15.9 Å². The van der Waals surface area contributed by atoms with Gasteiger partial charge in [0.1, 0.15) is 0 Å². The molecule has 0 aliphatic rings. The largest absolute Gasteiger partial charge is 0.361 e. The molecule has 1 aromatic heterocycles. The molecule has 0 saturated carbocycles. The number of rotatable bonds is 5. The fourth-order valence-corrected chi connectivity index (χ4v) is 1.36. The molecular formula is C9H11BrN4O2. The number of anilines is 1. The smallest absolute Gasteiger partial charge is 0.312 e. The zero-order valence-electron chi connectivity index (χ0n) is 8.39. The van der Waals surface area contributed by atoms with E-state index in [4.69, 9.17) is 5.73 Å². The number of nitrogens with one attached hydrogen (secondary N) is 1. The molecular weight excluding hydrogens is 276 g/mol. The normalized spacial score (nSPS) is 10.6. The molecule has 0 spiro atoms. The van der Waals surface area contributed by atoms with Crippen molar-refractivity contribution in [3.05, 3.63) is 39.0 Å². The topological polar surface area (TPSA) is 94.1 Å². The lowest BCUT2D eigenvalue weighted by molar-refractivity contribution is -0.384. The number of hydrogen-bond acceptors (Lipinski definition) is 5. The van der Waals surface area contributed by atoms with Crippen molar-refractivity contribution < 1.29 is 4.92 Å². The van der Waals surface area contributed by atoms with Crippen LogP contribution in [0.3, 0.4) is 0 Å². The van der Waals surface area contributed by atoms with Crippen molar-refractivity contribution in [1.82, 2.24) is 4.98 Å². The number of pyridine rings is 1. The van der Waals surface area contributed by atoms with Gasteiger partial charge in [0, 0.05) is 29.8 Å². The van der Waals surface area contributed by atoms with Crippen LogP contribution in [0.5, 0.6) is 0 Å². The third kappa shape index (κ3) is 3.59. The second kappa shape index (κ2) is 6.19. The van der Waals surface area contributed by atoms with Crippen LogP contribution in [0, 0.1) is 10.1 Å². The Morgan fingerprint density at radius 1 is 1.62 bits per heavy atom. The van der Waals surface area contributed by atoms with Gasteiger partial charge < -0.3 is 11.1 Å². The Labute approximate surface area is 101 Å². The van der Waals surface area contributed by atoms with Crippen LogP contribution in [0.2, 0.25) is 0 Å². The molecule has 0 radical (unpaired) electrons. The molecule has 1 heterocycles. The van der Waals surface area contributed by atoms with Gasteiger partial charge in [-0.3, -0.25) is 10.1 Å². The summed E-state index contributed by atoms with van der Waals surface area (Å²) in [4.78, 5) is 14.2. The van der Waals surface area contributed by atoms with Gasteiger partial charge in [-0.2, -0.15) is 0 Å². The summed E-state index contributed by atoms with van der Waals surface area (Å²) < 4.78 is 0.572. The van der Waals surface area contributed by atoms with E-state index in [1.54, 1.807) is 12.2 Å². The minimum Gasteiger partial charge on any atom is -0.361 e. The lowest BCUT2D eigenvalue weighted by atomic mass is 10.4. The van der Waals surface area contributed by atoms with Crippen LogP contribution < -0.4 is 11.1 Å². The summed E-state index contributed by atoms with van der Waals surface area (Å²) in [5.74, 6) is 0.245. The SMILES string of the molecule is NC/C=C/CNc1ncc(Br)cc1[N+](=O)[O-]. The molecule has 0 aliphatic heterocycles. The Morgan fingerprint density at radius 2 is 2.38 bits per heavy atom. The van der Waals surface area contributed by atoms with E-state index in [1.165, 1.54) is 12.3 Å². The van der Waals surface area contributed by atoms with Crippen LogP contribution in [-0.2, 0) is 0 Å². The maximum atomic E-state index is 10.7. The first-order chi connectivity index (χ1) is 7.65. The van der Waals surface area contributed by atoms with E-state index in [-0.39, 0.29) is 11.5 Å². The summed E-state index contributed by atoms with van der Waals surface area (Å²) in [5, 5.41) is 13.6. The van der Waals surface area contributed by atoms with Crippen LogP contribution in [0.25, 0.3) is 0 Å². The van der Waals surface area contributed by atoms with Gasteiger partial charge in [0.25, 0.3) is 0 Å². The molecule has 0 fully saturated rings. The van der Waals surface area contributed by atoms with Gasteiger partial charge in [0.2, 0.25) is 5.82 Å². The minimum atomic E-state index is -0.479. The second-order valence-corrected chi connectivity index (χ2v) is 3.78. The highest BCUT2D eigenvalue weighted by Crippen LogP contribution is 2.24. The van der Waals surface area contributed by atoms with Crippen molar-refractivity contribution in [3.8, 4) is 0 Å². The molecule has 0 unspecified atom stereocenters. The molecule has 1 rings (SSSR count). The summed E-state index contributed by atoms with van der Waals surface area (Å²) in [5.41, 5.74) is 5.20. The molecule has 7 heteroatoms.